The van der Waals surface area contributed by atoms with E-state index in [1.54, 1.807) is 0 Å². The molecular formula is C12H15NO2S. The first-order valence-corrected chi connectivity index (χ1v) is 6.65. The normalized spacial score (nSPS) is 28.1. The number of para-hydroxylation sites is 1. The highest BCUT2D eigenvalue weighted by Gasteiger charge is 2.28. The molecule has 86 valence electrons. The summed E-state index contributed by atoms with van der Waals surface area (Å²) in [6.07, 6.45) is 1.03. The number of hydrogen-bond donors (Lipinski definition) is 1. The molecule has 3 rings (SSSR count). The number of rotatable bonds is 1. The van der Waals surface area contributed by atoms with E-state index in [9.17, 15) is 0 Å². The van der Waals surface area contributed by atoms with Crippen LogP contribution in [0.5, 0.6) is 11.5 Å². The third-order valence-electron chi connectivity index (χ3n) is 2.97. The van der Waals surface area contributed by atoms with Gasteiger partial charge in [0.15, 0.2) is 11.5 Å². The van der Waals surface area contributed by atoms with E-state index in [2.05, 4.69) is 6.07 Å². The van der Waals surface area contributed by atoms with Crippen LogP contribution in [0.25, 0.3) is 0 Å². The molecule has 3 nitrogen and oxygen atoms in total. The molecule has 0 spiro atoms. The van der Waals surface area contributed by atoms with Crippen LogP contribution < -0.4 is 15.2 Å². The van der Waals surface area contributed by atoms with E-state index in [0.717, 1.165) is 23.7 Å². The fraction of sp³-hybridized carbons (Fsp3) is 0.500. The molecule has 1 aromatic carbocycles. The summed E-state index contributed by atoms with van der Waals surface area (Å²) < 4.78 is 11.3. The van der Waals surface area contributed by atoms with Gasteiger partial charge in [0.25, 0.3) is 0 Å². The summed E-state index contributed by atoms with van der Waals surface area (Å²) in [6, 6.07) is 6.45. The second-order valence-corrected chi connectivity index (χ2v) is 5.42. The molecule has 1 fully saturated rings. The Kier molecular flexibility index (Phi) is 2.69. The number of ether oxygens (including phenoxy) is 2. The summed E-state index contributed by atoms with van der Waals surface area (Å²) in [5.41, 5.74) is 7.19. The SMILES string of the molecule is NC1CSC(c2cccc3c2OCCO3)C1. The standard InChI is InChI=1S/C12H15NO2S/c13-8-6-11(16-7-8)9-2-1-3-10-12(9)15-5-4-14-10/h1-3,8,11H,4-7,13H2. The van der Waals surface area contributed by atoms with E-state index in [-0.39, 0.29) is 0 Å². The summed E-state index contributed by atoms with van der Waals surface area (Å²) in [5, 5.41) is 0.464. The van der Waals surface area contributed by atoms with Crippen LogP contribution in [0.4, 0.5) is 0 Å². The van der Waals surface area contributed by atoms with Gasteiger partial charge in [-0.05, 0) is 12.5 Å². The first-order chi connectivity index (χ1) is 7.84. The van der Waals surface area contributed by atoms with Gasteiger partial charge in [-0.2, -0.15) is 11.8 Å². The molecule has 0 aromatic heterocycles. The van der Waals surface area contributed by atoms with Crippen LogP contribution in [0.1, 0.15) is 17.2 Å². The van der Waals surface area contributed by atoms with E-state index in [4.69, 9.17) is 15.2 Å². The van der Waals surface area contributed by atoms with E-state index in [0.29, 0.717) is 24.5 Å². The van der Waals surface area contributed by atoms with Crippen molar-refractivity contribution in [2.45, 2.75) is 17.7 Å². The Morgan fingerprint density at radius 3 is 2.94 bits per heavy atom. The van der Waals surface area contributed by atoms with Crippen LogP contribution in [0.15, 0.2) is 18.2 Å². The van der Waals surface area contributed by atoms with Gasteiger partial charge in [0, 0.05) is 22.6 Å². The first-order valence-electron chi connectivity index (χ1n) is 5.60. The fourth-order valence-electron chi connectivity index (χ4n) is 2.22. The zero-order valence-electron chi connectivity index (χ0n) is 9.02. The Morgan fingerprint density at radius 2 is 2.12 bits per heavy atom. The highest BCUT2D eigenvalue weighted by atomic mass is 32.2. The van der Waals surface area contributed by atoms with Crippen LogP contribution in [0.3, 0.4) is 0 Å². The molecule has 0 radical (unpaired) electrons. The van der Waals surface area contributed by atoms with Crippen molar-refractivity contribution in [3.8, 4) is 11.5 Å². The monoisotopic (exact) mass is 237 g/mol. The molecule has 0 amide bonds. The fourth-order valence-corrected chi connectivity index (χ4v) is 3.58. The maximum Gasteiger partial charge on any atom is 0.165 e. The molecule has 16 heavy (non-hydrogen) atoms. The molecule has 0 saturated carbocycles. The van der Waals surface area contributed by atoms with Gasteiger partial charge < -0.3 is 15.2 Å². The third-order valence-corrected chi connectivity index (χ3v) is 4.44. The van der Waals surface area contributed by atoms with Crippen molar-refractivity contribution in [1.29, 1.82) is 0 Å². The van der Waals surface area contributed by atoms with Gasteiger partial charge in [-0.1, -0.05) is 12.1 Å². The molecule has 4 heteroatoms. The Morgan fingerprint density at radius 1 is 1.25 bits per heavy atom. The smallest absolute Gasteiger partial charge is 0.165 e. The van der Waals surface area contributed by atoms with E-state index < -0.39 is 0 Å². The Hall–Kier alpha value is -0.870. The molecule has 1 aromatic rings. The lowest BCUT2D eigenvalue weighted by Crippen LogP contribution is -2.19. The molecule has 2 unspecified atom stereocenters. The molecule has 0 bridgehead atoms. The minimum Gasteiger partial charge on any atom is -0.486 e. The summed E-state index contributed by atoms with van der Waals surface area (Å²) >= 11 is 1.92. The summed E-state index contributed by atoms with van der Waals surface area (Å²) in [5.74, 6) is 2.85. The Balaban J connectivity index is 1.94. The quantitative estimate of drug-likeness (QED) is 0.811. The molecule has 2 aliphatic rings. The Labute approximate surface area is 99.3 Å². The number of thioether (sulfide) groups is 1. The topological polar surface area (TPSA) is 44.5 Å². The van der Waals surface area contributed by atoms with Crippen molar-refractivity contribution >= 4 is 11.8 Å². The lowest BCUT2D eigenvalue weighted by Gasteiger charge is -2.23. The highest BCUT2D eigenvalue weighted by Crippen LogP contribution is 2.46. The lowest BCUT2D eigenvalue weighted by atomic mass is 10.0. The predicted molar refractivity (Wildman–Crippen MR) is 65.2 cm³/mol. The second-order valence-electron chi connectivity index (χ2n) is 4.19. The summed E-state index contributed by atoms with van der Waals surface area (Å²) in [6.45, 7) is 1.29. The molecule has 2 atom stereocenters. The lowest BCUT2D eigenvalue weighted by molar-refractivity contribution is 0.170. The number of benzene rings is 1. The molecule has 0 aliphatic carbocycles. The van der Waals surface area contributed by atoms with E-state index in [1.807, 2.05) is 23.9 Å². The van der Waals surface area contributed by atoms with Gasteiger partial charge in [0.1, 0.15) is 13.2 Å². The van der Waals surface area contributed by atoms with Crippen LogP contribution in [-0.2, 0) is 0 Å². The van der Waals surface area contributed by atoms with Crippen molar-refractivity contribution in [1.82, 2.24) is 0 Å². The maximum absolute atomic E-state index is 5.95. The summed E-state index contributed by atoms with van der Waals surface area (Å²) in [7, 11) is 0. The van der Waals surface area contributed by atoms with Crippen molar-refractivity contribution < 1.29 is 9.47 Å². The molecule has 2 aliphatic heterocycles. The average molecular weight is 237 g/mol. The largest absolute Gasteiger partial charge is 0.486 e. The first kappa shape index (κ1) is 10.3. The molecular weight excluding hydrogens is 222 g/mol. The second kappa shape index (κ2) is 4.18. The average Bonchev–Trinajstić information content (AvgIpc) is 2.75. The van der Waals surface area contributed by atoms with Crippen molar-refractivity contribution in [2.75, 3.05) is 19.0 Å². The van der Waals surface area contributed by atoms with Gasteiger partial charge in [-0.15, -0.1) is 0 Å². The van der Waals surface area contributed by atoms with Crippen molar-refractivity contribution in [3.05, 3.63) is 23.8 Å². The Bertz CT molecular complexity index is 397. The molecule has 2 N–H and O–H groups in total. The molecule has 1 saturated heterocycles. The van der Waals surface area contributed by atoms with Crippen molar-refractivity contribution in [2.24, 2.45) is 5.73 Å². The van der Waals surface area contributed by atoms with Gasteiger partial charge in [-0.3, -0.25) is 0 Å². The third kappa shape index (κ3) is 1.76. The van der Waals surface area contributed by atoms with E-state index in [1.165, 1.54) is 5.56 Å². The van der Waals surface area contributed by atoms with Crippen LogP contribution in [0.2, 0.25) is 0 Å². The highest BCUT2D eigenvalue weighted by molar-refractivity contribution is 7.99. The van der Waals surface area contributed by atoms with Gasteiger partial charge in [0.05, 0.1) is 0 Å². The maximum atomic E-state index is 5.95. The zero-order chi connectivity index (χ0) is 11.0. The van der Waals surface area contributed by atoms with Gasteiger partial charge in [0.2, 0.25) is 0 Å². The summed E-state index contributed by atoms with van der Waals surface area (Å²) in [4.78, 5) is 0. The zero-order valence-corrected chi connectivity index (χ0v) is 9.83. The van der Waals surface area contributed by atoms with Crippen molar-refractivity contribution in [3.63, 3.8) is 0 Å². The minimum absolute atomic E-state index is 0.315. The predicted octanol–water partition coefficient (Wildman–Crippen LogP) is 1.96. The number of fused-ring (bicyclic) bond motifs is 1. The van der Waals surface area contributed by atoms with Crippen LogP contribution in [-0.4, -0.2) is 25.0 Å². The van der Waals surface area contributed by atoms with Gasteiger partial charge in [-0.25, -0.2) is 0 Å². The number of nitrogens with two attached hydrogens (primary N) is 1. The van der Waals surface area contributed by atoms with Crippen LogP contribution >= 0.6 is 11.8 Å². The van der Waals surface area contributed by atoms with Gasteiger partial charge >= 0.3 is 0 Å². The molecule has 2 heterocycles. The van der Waals surface area contributed by atoms with E-state index >= 15 is 0 Å². The minimum atomic E-state index is 0.315. The number of hydrogen-bond acceptors (Lipinski definition) is 4. The van der Waals surface area contributed by atoms with Crippen LogP contribution in [0, 0.1) is 0 Å².